The zero-order valence-corrected chi connectivity index (χ0v) is 9.56. The molecule has 0 aromatic heterocycles. The number of ether oxygens (including phenoxy) is 2. The molecule has 0 bridgehead atoms. The molecule has 1 aliphatic rings. The van der Waals surface area contributed by atoms with Crippen molar-refractivity contribution in [1.29, 1.82) is 0 Å². The van der Waals surface area contributed by atoms with Gasteiger partial charge in [0, 0.05) is 11.6 Å². The number of aliphatic hydroxyl groups is 1. The second-order valence-corrected chi connectivity index (χ2v) is 3.90. The quantitative estimate of drug-likeness (QED) is 0.805. The first kappa shape index (κ1) is 11.2. The van der Waals surface area contributed by atoms with E-state index in [-0.39, 0.29) is 12.1 Å². The fraction of sp³-hybridized carbons (Fsp3) is 0.500. The number of benzene rings is 1. The molecule has 1 heterocycles. The lowest BCUT2D eigenvalue weighted by molar-refractivity contribution is 0.158. The van der Waals surface area contributed by atoms with E-state index in [2.05, 4.69) is 5.32 Å². The van der Waals surface area contributed by atoms with E-state index >= 15 is 0 Å². The molecule has 16 heavy (non-hydrogen) atoms. The Morgan fingerprint density at radius 1 is 1.31 bits per heavy atom. The summed E-state index contributed by atoms with van der Waals surface area (Å²) in [6, 6.07) is 5.61. The molecule has 4 nitrogen and oxygen atoms in total. The van der Waals surface area contributed by atoms with Gasteiger partial charge in [-0.05, 0) is 25.1 Å². The first-order chi connectivity index (χ1) is 7.76. The van der Waals surface area contributed by atoms with Gasteiger partial charge in [-0.15, -0.1) is 0 Å². The van der Waals surface area contributed by atoms with Crippen molar-refractivity contribution in [3.63, 3.8) is 0 Å². The van der Waals surface area contributed by atoms with Gasteiger partial charge in [-0.1, -0.05) is 0 Å². The normalized spacial score (nSPS) is 24.4. The molecule has 0 aliphatic carbocycles. The molecule has 1 aromatic rings. The molecule has 1 aromatic carbocycles. The van der Waals surface area contributed by atoms with Crippen LogP contribution in [0.4, 0.5) is 0 Å². The molecule has 0 radical (unpaired) electrons. The zero-order valence-electron chi connectivity index (χ0n) is 9.56. The van der Waals surface area contributed by atoms with Crippen molar-refractivity contribution in [1.82, 2.24) is 5.32 Å². The van der Waals surface area contributed by atoms with Crippen LogP contribution < -0.4 is 14.8 Å². The Bertz CT molecular complexity index is 367. The fourth-order valence-corrected chi connectivity index (χ4v) is 2.08. The lowest BCUT2D eigenvalue weighted by Crippen LogP contribution is -2.21. The van der Waals surface area contributed by atoms with E-state index in [9.17, 15) is 5.11 Å². The van der Waals surface area contributed by atoms with Gasteiger partial charge in [0.1, 0.15) is 11.5 Å². The molecule has 88 valence electrons. The van der Waals surface area contributed by atoms with E-state index in [1.165, 1.54) is 0 Å². The standard InChI is InChI=1S/C12H17NO3/c1-15-8-3-4-9(11(7-8)16-2)12-10(14)5-6-13-12/h3-4,7,10,12-14H,5-6H2,1-2H3. The molecule has 0 spiro atoms. The predicted octanol–water partition coefficient (Wildman–Crippen LogP) is 1.10. The number of hydrogen-bond acceptors (Lipinski definition) is 4. The van der Waals surface area contributed by atoms with Gasteiger partial charge in [0.05, 0.1) is 26.4 Å². The van der Waals surface area contributed by atoms with Crippen molar-refractivity contribution < 1.29 is 14.6 Å². The SMILES string of the molecule is COc1ccc(C2NCCC2O)c(OC)c1. The highest BCUT2D eigenvalue weighted by Gasteiger charge is 2.28. The molecule has 2 atom stereocenters. The van der Waals surface area contributed by atoms with Crippen molar-refractivity contribution in [2.24, 2.45) is 0 Å². The van der Waals surface area contributed by atoms with Crippen LogP contribution in [0.3, 0.4) is 0 Å². The first-order valence-corrected chi connectivity index (χ1v) is 5.39. The highest BCUT2D eigenvalue weighted by Crippen LogP contribution is 2.33. The maximum atomic E-state index is 9.84. The van der Waals surface area contributed by atoms with Gasteiger partial charge in [-0.25, -0.2) is 0 Å². The number of methoxy groups -OCH3 is 2. The van der Waals surface area contributed by atoms with Crippen molar-refractivity contribution in [2.75, 3.05) is 20.8 Å². The summed E-state index contributed by atoms with van der Waals surface area (Å²) in [4.78, 5) is 0. The molecule has 0 saturated carbocycles. The summed E-state index contributed by atoms with van der Waals surface area (Å²) < 4.78 is 10.5. The van der Waals surface area contributed by atoms with Crippen LogP contribution in [0.1, 0.15) is 18.0 Å². The maximum absolute atomic E-state index is 9.84. The summed E-state index contributed by atoms with van der Waals surface area (Å²) in [6.07, 6.45) is 0.433. The van der Waals surface area contributed by atoms with E-state index in [0.717, 1.165) is 30.0 Å². The van der Waals surface area contributed by atoms with Crippen molar-refractivity contribution in [3.05, 3.63) is 23.8 Å². The van der Waals surface area contributed by atoms with Gasteiger partial charge in [-0.3, -0.25) is 0 Å². The highest BCUT2D eigenvalue weighted by atomic mass is 16.5. The Hall–Kier alpha value is -1.26. The van der Waals surface area contributed by atoms with Gasteiger partial charge in [0.15, 0.2) is 0 Å². The van der Waals surface area contributed by atoms with Crippen LogP contribution in [0, 0.1) is 0 Å². The van der Waals surface area contributed by atoms with Crippen LogP contribution in [-0.2, 0) is 0 Å². The third kappa shape index (κ3) is 1.99. The van der Waals surface area contributed by atoms with Gasteiger partial charge in [-0.2, -0.15) is 0 Å². The predicted molar refractivity (Wildman–Crippen MR) is 60.9 cm³/mol. The van der Waals surface area contributed by atoms with Crippen LogP contribution in [-0.4, -0.2) is 32.0 Å². The smallest absolute Gasteiger partial charge is 0.127 e. The lowest BCUT2D eigenvalue weighted by atomic mass is 10.0. The third-order valence-electron chi connectivity index (χ3n) is 2.96. The van der Waals surface area contributed by atoms with Crippen molar-refractivity contribution >= 4 is 0 Å². The van der Waals surface area contributed by atoms with Crippen LogP contribution >= 0.6 is 0 Å². The Morgan fingerprint density at radius 2 is 2.12 bits per heavy atom. The van der Waals surface area contributed by atoms with E-state index in [1.54, 1.807) is 14.2 Å². The summed E-state index contributed by atoms with van der Waals surface area (Å²) in [5, 5.41) is 13.1. The van der Waals surface area contributed by atoms with Crippen molar-refractivity contribution in [2.45, 2.75) is 18.6 Å². The van der Waals surface area contributed by atoms with Gasteiger partial charge in [0.2, 0.25) is 0 Å². The second-order valence-electron chi connectivity index (χ2n) is 3.90. The average molecular weight is 223 g/mol. The zero-order chi connectivity index (χ0) is 11.5. The van der Waals surface area contributed by atoms with E-state index in [1.807, 2.05) is 18.2 Å². The summed E-state index contributed by atoms with van der Waals surface area (Å²) in [6.45, 7) is 0.834. The lowest BCUT2D eigenvalue weighted by Gasteiger charge is -2.18. The molecule has 2 unspecified atom stereocenters. The minimum absolute atomic E-state index is 0.0409. The molecule has 4 heteroatoms. The van der Waals surface area contributed by atoms with Gasteiger partial charge >= 0.3 is 0 Å². The van der Waals surface area contributed by atoms with E-state index in [4.69, 9.17) is 9.47 Å². The largest absolute Gasteiger partial charge is 0.497 e. The fourth-order valence-electron chi connectivity index (χ4n) is 2.08. The summed E-state index contributed by atoms with van der Waals surface area (Å²) in [7, 11) is 3.25. The molecule has 0 amide bonds. The topological polar surface area (TPSA) is 50.7 Å². The van der Waals surface area contributed by atoms with Gasteiger partial charge in [0.25, 0.3) is 0 Å². The minimum Gasteiger partial charge on any atom is -0.497 e. The number of hydrogen-bond donors (Lipinski definition) is 2. The average Bonchev–Trinajstić information content (AvgIpc) is 2.74. The molecule has 2 N–H and O–H groups in total. The molecular formula is C12H17NO3. The van der Waals surface area contributed by atoms with Crippen LogP contribution in [0.2, 0.25) is 0 Å². The Kier molecular flexibility index (Phi) is 3.31. The number of aliphatic hydroxyl groups excluding tert-OH is 1. The van der Waals surface area contributed by atoms with Crippen LogP contribution in [0.15, 0.2) is 18.2 Å². The third-order valence-corrected chi connectivity index (χ3v) is 2.96. The molecule has 1 fully saturated rings. The first-order valence-electron chi connectivity index (χ1n) is 5.39. The van der Waals surface area contributed by atoms with E-state index < -0.39 is 0 Å². The Labute approximate surface area is 95.2 Å². The molecule has 1 aliphatic heterocycles. The Balaban J connectivity index is 2.32. The second kappa shape index (κ2) is 4.72. The van der Waals surface area contributed by atoms with E-state index in [0.29, 0.717) is 0 Å². The minimum atomic E-state index is -0.345. The van der Waals surface area contributed by atoms with Gasteiger partial charge < -0.3 is 19.9 Å². The Morgan fingerprint density at radius 3 is 2.69 bits per heavy atom. The molecule has 2 rings (SSSR count). The van der Waals surface area contributed by atoms with Crippen LogP contribution in [0.25, 0.3) is 0 Å². The van der Waals surface area contributed by atoms with Crippen molar-refractivity contribution in [3.8, 4) is 11.5 Å². The summed E-state index contributed by atoms with van der Waals surface area (Å²) in [5.41, 5.74) is 0.980. The maximum Gasteiger partial charge on any atom is 0.127 e. The summed E-state index contributed by atoms with van der Waals surface area (Å²) in [5.74, 6) is 1.51. The number of nitrogens with one attached hydrogen (secondary N) is 1. The summed E-state index contributed by atoms with van der Waals surface area (Å²) >= 11 is 0. The molecular weight excluding hydrogens is 206 g/mol. The monoisotopic (exact) mass is 223 g/mol. The number of rotatable bonds is 3. The highest BCUT2D eigenvalue weighted by molar-refractivity contribution is 5.43. The van der Waals surface area contributed by atoms with Crippen LogP contribution in [0.5, 0.6) is 11.5 Å². The molecule has 1 saturated heterocycles.